The molecule has 2 heterocycles. The number of aliphatic imine (C=N–C) groups is 1. The number of thioether (sulfide) groups is 1. The lowest BCUT2D eigenvalue weighted by Crippen LogP contribution is -2.51. The second kappa shape index (κ2) is 9.73. The highest BCUT2D eigenvalue weighted by Gasteiger charge is 2.31. The Kier molecular flexibility index (Phi) is 7.85. The fourth-order valence-electron chi connectivity index (χ4n) is 2.73. The van der Waals surface area contributed by atoms with Crippen LogP contribution in [0.15, 0.2) is 28.1 Å². The van der Waals surface area contributed by atoms with Crippen LogP contribution in [-0.2, 0) is 9.53 Å². The minimum absolute atomic E-state index is 0.0417. The average molecular weight is 424 g/mol. The first kappa shape index (κ1) is 23.4. The number of carbonyl (C=O) groups excluding carboxylic acids is 1. The van der Waals surface area contributed by atoms with Crippen LogP contribution in [-0.4, -0.2) is 71.4 Å². The van der Waals surface area contributed by atoms with Crippen LogP contribution in [0.2, 0.25) is 0 Å². The Morgan fingerprint density at radius 3 is 2.59 bits per heavy atom. The van der Waals surface area contributed by atoms with Crippen LogP contribution in [0.3, 0.4) is 0 Å². The molecule has 8 heteroatoms. The molecule has 160 valence electrons. The third-order valence-electron chi connectivity index (χ3n) is 4.57. The molecule has 0 spiro atoms. The van der Waals surface area contributed by atoms with E-state index in [4.69, 9.17) is 4.74 Å². The monoisotopic (exact) mass is 423 g/mol. The molecule has 0 aromatic heterocycles. The second-order valence-corrected chi connectivity index (χ2v) is 9.14. The normalized spacial score (nSPS) is 21.8. The number of carbonyl (C=O) groups is 1. The maximum absolute atomic E-state index is 13.3. The van der Waals surface area contributed by atoms with Gasteiger partial charge in [0.25, 0.3) is 5.91 Å². The molecule has 2 aliphatic rings. The molecule has 3 rings (SSSR count). The zero-order chi connectivity index (χ0) is 21.8. The Balaban J connectivity index is 0.000000438. The van der Waals surface area contributed by atoms with Gasteiger partial charge in [-0.1, -0.05) is 0 Å². The molecule has 29 heavy (non-hydrogen) atoms. The van der Waals surface area contributed by atoms with Gasteiger partial charge in [-0.3, -0.25) is 4.79 Å². The second-order valence-electron chi connectivity index (χ2n) is 8.13. The van der Waals surface area contributed by atoms with E-state index in [1.54, 1.807) is 7.11 Å². The number of phenols is 1. The van der Waals surface area contributed by atoms with E-state index in [0.717, 1.165) is 19.6 Å². The minimum atomic E-state index is -0.459. The van der Waals surface area contributed by atoms with Crippen molar-refractivity contribution in [2.45, 2.75) is 39.3 Å². The van der Waals surface area contributed by atoms with Crippen molar-refractivity contribution in [2.24, 2.45) is 4.99 Å². The number of hydrogen-bond donors (Lipinski definition) is 1. The van der Waals surface area contributed by atoms with E-state index in [9.17, 15) is 14.3 Å². The number of rotatable bonds is 1. The van der Waals surface area contributed by atoms with Gasteiger partial charge < -0.3 is 19.6 Å². The van der Waals surface area contributed by atoms with Crippen molar-refractivity contribution < 1.29 is 19.0 Å². The molecule has 1 saturated heterocycles. The third kappa shape index (κ3) is 6.83. The Hall–Kier alpha value is -1.90. The number of amides is 1. The highest BCUT2D eigenvalue weighted by atomic mass is 32.2. The Bertz CT molecular complexity index is 805. The summed E-state index contributed by atoms with van der Waals surface area (Å²) in [6.45, 7) is 10.8. The van der Waals surface area contributed by atoms with Gasteiger partial charge in [-0.05, 0) is 70.8 Å². The van der Waals surface area contributed by atoms with Crippen LogP contribution < -0.4 is 0 Å². The Morgan fingerprint density at radius 2 is 2.00 bits per heavy atom. The zero-order valence-corrected chi connectivity index (χ0v) is 18.7. The molecular formula is C21H30FN3O3S. The van der Waals surface area contributed by atoms with Gasteiger partial charge in [0.15, 0.2) is 5.17 Å². The average Bonchev–Trinajstić information content (AvgIpc) is 2.98. The number of nitrogens with zero attached hydrogens (tertiary/aromatic N) is 3. The summed E-state index contributed by atoms with van der Waals surface area (Å²) in [6.07, 6.45) is 1.49. The van der Waals surface area contributed by atoms with Crippen LogP contribution in [0.1, 0.15) is 33.3 Å². The van der Waals surface area contributed by atoms with E-state index < -0.39 is 5.82 Å². The molecule has 6 nitrogen and oxygen atoms in total. The Labute approximate surface area is 176 Å². The molecule has 1 atom stereocenters. The zero-order valence-electron chi connectivity index (χ0n) is 17.9. The highest BCUT2D eigenvalue weighted by Crippen LogP contribution is 2.33. The first-order chi connectivity index (χ1) is 13.5. The fraction of sp³-hybridized carbons (Fsp3) is 0.524. The first-order valence-corrected chi connectivity index (χ1v) is 10.3. The van der Waals surface area contributed by atoms with Crippen molar-refractivity contribution in [3.63, 3.8) is 0 Å². The molecular weight excluding hydrogens is 393 g/mol. The quantitative estimate of drug-likeness (QED) is 0.697. The maximum atomic E-state index is 13.3. The van der Waals surface area contributed by atoms with Crippen LogP contribution in [0.25, 0.3) is 6.08 Å². The largest absolute Gasteiger partial charge is 0.507 e. The number of amidine groups is 1. The topological polar surface area (TPSA) is 65.4 Å². The molecule has 1 N–H and O–H groups in total. The highest BCUT2D eigenvalue weighted by molar-refractivity contribution is 8.18. The van der Waals surface area contributed by atoms with Crippen LogP contribution in [0.5, 0.6) is 5.75 Å². The van der Waals surface area contributed by atoms with Crippen molar-refractivity contribution in [3.8, 4) is 5.75 Å². The number of methoxy groups -OCH3 is 1. The van der Waals surface area contributed by atoms with Gasteiger partial charge >= 0.3 is 0 Å². The SMILES string of the molecule is CC1CN(C)CCN1C1=NC(=O)/C(=C/c2cc(F)ccc2O)S1.COC(C)(C)C. The van der Waals surface area contributed by atoms with Crippen molar-refractivity contribution in [3.05, 3.63) is 34.5 Å². The fourth-order valence-corrected chi connectivity index (χ4v) is 3.76. The van der Waals surface area contributed by atoms with Gasteiger partial charge in [0.05, 0.1) is 10.5 Å². The lowest BCUT2D eigenvalue weighted by atomic mass is 10.2. The van der Waals surface area contributed by atoms with Crippen molar-refractivity contribution in [1.82, 2.24) is 9.80 Å². The number of hydrogen-bond acceptors (Lipinski definition) is 6. The lowest BCUT2D eigenvalue weighted by Gasteiger charge is -2.38. The van der Waals surface area contributed by atoms with E-state index in [2.05, 4.69) is 28.8 Å². The van der Waals surface area contributed by atoms with Gasteiger partial charge in [-0.2, -0.15) is 4.99 Å². The van der Waals surface area contributed by atoms with Gasteiger partial charge in [0, 0.05) is 38.3 Å². The summed E-state index contributed by atoms with van der Waals surface area (Å²) >= 11 is 1.28. The van der Waals surface area contributed by atoms with Gasteiger partial charge in [-0.15, -0.1) is 0 Å². The predicted octanol–water partition coefficient (Wildman–Crippen LogP) is 3.57. The molecule has 0 aliphatic carbocycles. The summed E-state index contributed by atoms with van der Waals surface area (Å²) in [5, 5.41) is 10.5. The van der Waals surface area contributed by atoms with E-state index in [1.165, 1.54) is 36.0 Å². The third-order valence-corrected chi connectivity index (χ3v) is 5.59. The molecule has 1 amide bonds. The van der Waals surface area contributed by atoms with Gasteiger partial charge in [0.1, 0.15) is 11.6 Å². The molecule has 0 bridgehead atoms. The van der Waals surface area contributed by atoms with E-state index in [1.807, 2.05) is 20.8 Å². The summed E-state index contributed by atoms with van der Waals surface area (Å²) in [4.78, 5) is 21.0. The summed E-state index contributed by atoms with van der Waals surface area (Å²) in [5.74, 6) is -0.868. The number of piperazine rings is 1. The van der Waals surface area contributed by atoms with Crippen molar-refractivity contribution >= 4 is 28.9 Å². The molecule has 1 unspecified atom stereocenters. The number of aromatic hydroxyl groups is 1. The van der Waals surface area contributed by atoms with Crippen molar-refractivity contribution in [2.75, 3.05) is 33.8 Å². The lowest BCUT2D eigenvalue weighted by molar-refractivity contribution is -0.113. The van der Waals surface area contributed by atoms with E-state index in [-0.39, 0.29) is 28.9 Å². The van der Waals surface area contributed by atoms with Crippen LogP contribution in [0.4, 0.5) is 4.39 Å². The number of ether oxygens (including phenoxy) is 1. The van der Waals surface area contributed by atoms with Gasteiger partial charge in [-0.25, -0.2) is 4.39 Å². The molecule has 1 aromatic carbocycles. The minimum Gasteiger partial charge on any atom is -0.507 e. The molecule has 0 saturated carbocycles. The maximum Gasteiger partial charge on any atom is 0.286 e. The number of likely N-dealkylation sites (N-methyl/N-ethyl adjacent to an activating group) is 1. The summed E-state index contributed by atoms with van der Waals surface area (Å²) in [6, 6.07) is 3.92. The number of halogens is 1. The number of benzene rings is 1. The summed E-state index contributed by atoms with van der Waals surface area (Å²) < 4.78 is 18.2. The molecule has 2 aliphatic heterocycles. The molecule has 0 radical (unpaired) electrons. The van der Waals surface area contributed by atoms with E-state index >= 15 is 0 Å². The van der Waals surface area contributed by atoms with Crippen molar-refractivity contribution in [1.29, 1.82) is 0 Å². The van der Waals surface area contributed by atoms with Crippen LogP contribution in [0, 0.1) is 5.82 Å². The van der Waals surface area contributed by atoms with Gasteiger partial charge in [0.2, 0.25) is 0 Å². The molecule has 1 aromatic rings. The standard InChI is InChI=1S/C16H18FN3O2S.C5H12O/c1-10-9-19(2)5-6-20(10)16-18-15(22)14(23-16)8-11-7-12(17)3-4-13(11)21;1-5(2,3)6-4/h3-4,7-8,10,21H,5-6,9H2,1-2H3;1-4H3/b14-8-;. The smallest absolute Gasteiger partial charge is 0.286 e. The first-order valence-electron chi connectivity index (χ1n) is 9.51. The molecule has 1 fully saturated rings. The number of phenolic OH excluding ortho intramolecular Hbond substituents is 1. The Morgan fingerprint density at radius 1 is 1.34 bits per heavy atom. The van der Waals surface area contributed by atoms with Crippen LogP contribution >= 0.6 is 11.8 Å². The predicted molar refractivity (Wildman–Crippen MR) is 117 cm³/mol. The summed E-state index contributed by atoms with van der Waals surface area (Å²) in [5.41, 5.74) is 0.323. The summed E-state index contributed by atoms with van der Waals surface area (Å²) in [7, 11) is 3.78. The van der Waals surface area contributed by atoms with E-state index in [0.29, 0.717) is 10.1 Å².